The zero-order valence-corrected chi connectivity index (χ0v) is 15.8. The number of benzene rings is 2. The molecule has 0 aromatic heterocycles. The Bertz CT molecular complexity index is 718. The molecule has 0 atom stereocenters. The summed E-state index contributed by atoms with van der Waals surface area (Å²) in [4.78, 5) is 11.9. The highest BCUT2D eigenvalue weighted by Crippen LogP contribution is 2.37. The predicted octanol–water partition coefficient (Wildman–Crippen LogP) is 5.26. The molecule has 0 aliphatic carbocycles. The summed E-state index contributed by atoms with van der Waals surface area (Å²) in [6.07, 6.45) is 0. The molecule has 0 unspecified atom stereocenters. The lowest BCUT2D eigenvalue weighted by Crippen LogP contribution is -2.07. The molecule has 24 heavy (non-hydrogen) atoms. The van der Waals surface area contributed by atoms with Crippen LogP contribution in [0, 0.1) is 0 Å². The summed E-state index contributed by atoms with van der Waals surface area (Å²) in [6, 6.07) is 10.9. The average molecular weight is 414 g/mol. The van der Waals surface area contributed by atoms with E-state index in [4.69, 9.17) is 25.8 Å². The third kappa shape index (κ3) is 4.89. The van der Waals surface area contributed by atoms with Gasteiger partial charge in [0.2, 0.25) is 0 Å². The monoisotopic (exact) mass is 412 g/mol. The van der Waals surface area contributed by atoms with Gasteiger partial charge in [0.05, 0.1) is 23.8 Å². The Kier molecular flexibility index (Phi) is 6.94. The van der Waals surface area contributed by atoms with Gasteiger partial charge < -0.3 is 14.2 Å². The van der Waals surface area contributed by atoms with E-state index in [1.54, 1.807) is 13.0 Å². The fraction of sp³-hybridized carbons (Fsp3) is 0.278. The lowest BCUT2D eigenvalue weighted by molar-refractivity contribution is 0.0525. The first-order chi connectivity index (χ1) is 11.5. The fourth-order valence-electron chi connectivity index (χ4n) is 2.09. The van der Waals surface area contributed by atoms with Gasteiger partial charge >= 0.3 is 5.97 Å². The van der Waals surface area contributed by atoms with Gasteiger partial charge in [0.1, 0.15) is 6.61 Å². The molecule has 0 bridgehead atoms. The van der Waals surface area contributed by atoms with Crippen molar-refractivity contribution in [3.63, 3.8) is 0 Å². The summed E-state index contributed by atoms with van der Waals surface area (Å²) in [5.74, 6) is 0.383. The third-order valence-corrected chi connectivity index (χ3v) is 3.87. The molecule has 4 nitrogen and oxygen atoms in total. The summed E-state index contributed by atoms with van der Waals surface area (Å²) in [5.41, 5.74) is 1.32. The van der Waals surface area contributed by atoms with Crippen molar-refractivity contribution in [2.45, 2.75) is 20.5 Å². The van der Waals surface area contributed by atoms with Crippen molar-refractivity contribution < 1.29 is 19.0 Å². The molecular formula is C18H18BrClO4. The van der Waals surface area contributed by atoms with E-state index in [1.165, 1.54) is 6.07 Å². The fourth-order valence-corrected chi connectivity index (χ4v) is 2.80. The Morgan fingerprint density at radius 2 is 1.92 bits per heavy atom. The van der Waals surface area contributed by atoms with Gasteiger partial charge in [-0.25, -0.2) is 4.79 Å². The van der Waals surface area contributed by atoms with Crippen molar-refractivity contribution in [3.05, 3.63) is 57.0 Å². The highest BCUT2D eigenvalue weighted by atomic mass is 79.9. The van der Waals surface area contributed by atoms with Crippen LogP contribution in [0.3, 0.4) is 0 Å². The van der Waals surface area contributed by atoms with Crippen LogP contribution < -0.4 is 9.47 Å². The Balaban J connectivity index is 2.25. The number of rotatable bonds is 7. The summed E-state index contributed by atoms with van der Waals surface area (Å²) >= 11 is 9.71. The van der Waals surface area contributed by atoms with Gasteiger partial charge in [0.15, 0.2) is 11.5 Å². The normalized spacial score (nSPS) is 10.3. The van der Waals surface area contributed by atoms with Crippen molar-refractivity contribution in [2.24, 2.45) is 0 Å². The molecule has 6 heteroatoms. The van der Waals surface area contributed by atoms with Crippen molar-refractivity contribution >= 4 is 33.5 Å². The number of carbonyl (C=O) groups is 1. The molecule has 2 aromatic rings. The van der Waals surface area contributed by atoms with Crippen LogP contribution in [0.1, 0.15) is 29.8 Å². The maximum atomic E-state index is 11.9. The van der Waals surface area contributed by atoms with Crippen molar-refractivity contribution in [3.8, 4) is 11.5 Å². The molecule has 0 aliphatic heterocycles. The Labute approximate surface area is 154 Å². The number of hydrogen-bond donors (Lipinski definition) is 0. The molecule has 0 N–H and O–H groups in total. The Morgan fingerprint density at radius 1 is 1.12 bits per heavy atom. The highest BCUT2D eigenvalue weighted by Gasteiger charge is 2.17. The molecule has 0 aliphatic rings. The maximum Gasteiger partial charge on any atom is 0.338 e. The minimum Gasteiger partial charge on any atom is -0.490 e. The smallest absolute Gasteiger partial charge is 0.338 e. The van der Waals surface area contributed by atoms with E-state index in [9.17, 15) is 4.79 Å². The minimum absolute atomic E-state index is 0.293. The molecule has 0 fully saturated rings. The van der Waals surface area contributed by atoms with Crippen molar-refractivity contribution in [2.75, 3.05) is 13.2 Å². The van der Waals surface area contributed by atoms with E-state index in [0.717, 1.165) is 10.0 Å². The highest BCUT2D eigenvalue weighted by molar-refractivity contribution is 9.10. The van der Waals surface area contributed by atoms with E-state index in [1.807, 2.05) is 31.2 Å². The van der Waals surface area contributed by atoms with Gasteiger partial charge in [-0.2, -0.15) is 0 Å². The van der Waals surface area contributed by atoms with Crippen LogP contribution in [0.4, 0.5) is 0 Å². The van der Waals surface area contributed by atoms with E-state index < -0.39 is 5.97 Å². The van der Waals surface area contributed by atoms with Crippen molar-refractivity contribution in [1.82, 2.24) is 0 Å². The van der Waals surface area contributed by atoms with E-state index >= 15 is 0 Å². The maximum absolute atomic E-state index is 11.9. The molecule has 0 saturated heterocycles. The number of carbonyl (C=O) groups excluding carboxylic acids is 1. The van der Waals surface area contributed by atoms with Crippen LogP contribution in [0.5, 0.6) is 11.5 Å². The average Bonchev–Trinajstić information content (AvgIpc) is 2.54. The van der Waals surface area contributed by atoms with Crippen LogP contribution >= 0.6 is 27.5 Å². The molecule has 0 saturated carbocycles. The zero-order chi connectivity index (χ0) is 17.5. The first kappa shape index (κ1) is 18.6. The van der Waals surface area contributed by atoms with E-state index in [0.29, 0.717) is 41.9 Å². The molecule has 2 aromatic carbocycles. The Hall–Kier alpha value is -1.72. The third-order valence-electron chi connectivity index (χ3n) is 3.09. The molecule has 2 rings (SSSR count). The molecule has 0 spiro atoms. The predicted molar refractivity (Wildman–Crippen MR) is 97.1 cm³/mol. The van der Waals surface area contributed by atoms with E-state index in [-0.39, 0.29) is 0 Å². The van der Waals surface area contributed by atoms with Crippen LogP contribution in [0.25, 0.3) is 0 Å². The van der Waals surface area contributed by atoms with E-state index in [2.05, 4.69) is 15.9 Å². The first-order valence-corrected chi connectivity index (χ1v) is 8.73. The van der Waals surface area contributed by atoms with Gasteiger partial charge in [-0.1, -0.05) is 39.7 Å². The second-order valence-corrected chi connectivity index (χ2v) is 6.18. The van der Waals surface area contributed by atoms with Gasteiger partial charge in [-0.3, -0.25) is 0 Å². The second kappa shape index (κ2) is 8.94. The number of esters is 1. The van der Waals surface area contributed by atoms with Crippen molar-refractivity contribution in [1.29, 1.82) is 0 Å². The molecule has 128 valence electrons. The SMILES string of the molecule is CCOC(=O)c1cc(Cl)c(OCc2cccc(Br)c2)c(OCC)c1. The van der Waals surface area contributed by atoms with Crippen LogP contribution in [-0.4, -0.2) is 19.2 Å². The van der Waals surface area contributed by atoms with Gasteiger partial charge in [0.25, 0.3) is 0 Å². The second-order valence-electron chi connectivity index (χ2n) is 4.86. The lowest BCUT2D eigenvalue weighted by Gasteiger charge is -2.15. The van der Waals surface area contributed by atoms with Crippen LogP contribution in [0.2, 0.25) is 5.02 Å². The largest absolute Gasteiger partial charge is 0.490 e. The standard InChI is InChI=1S/C18H18BrClO4/c1-3-22-16-10-13(18(21)23-4-2)9-15(20)17(16)24-11-12-6-5-7-14(19)8-12/h5-10H,3-4,11H2,1-2H3. The summed E-state index contributed by atoms with van der Waals surface area (Å²) in [7, 11) is 0. The lowest BCUT2D eigenvalue weighted by atomic mass is 10.2. The topological polar surface area (TPSA) is 44.8 Å². The van der Waals surface area contributed by atoms with Gasteiger partial charge in [0, 0.05) is 4.47 Å². The summed E-state index contributed by atoms with van der Waals surface area (Å²) in [5, 5.41) is 0.305. The van der Waals surface area contributed by atoms with Crippen LogP contribution in [-0.2, 0) is 11.3 Å². The summed E-state index contributed by atoms with van der Waals surface area (Å²) in [6.45, 7) is 4.65. The number of hydrogen-bond acceptors (Lipinski definition) is 4. The zero-order valence-electron chi connectivity index (χ0n) is 13.5. The number of ether oxygens (including phenoxy) is 3. The van der Waals surface area contributed by atoms with Crippen LogP contribution in [0.15, 0.2) is 40.9 Å². The quantitative estimate of drug-likeness (QED) is 0.581. The molecular weight excluding hydrogens is 396 g/mol. The molecule has 0 heterocycles. The minimum atomic E-state index is -0.445. The van der Waals surface area contributed by atoms with Gasteiger partial charge in [-0.15, -0.1) is 0 Å². The Morgan fingerprint density at radius 3 is 2.58 bits per heavy atom. The van der Waals surface area contributed by atoms with Gasteiger partial charge in [-0.05, 0) is 43.7 Å². The molecule has 0 amide bonds. The summed E-state index contributed by atoms with van der Waals surface area (Å²) < 4.78 is 17.4. The number of halogens is 2. The first-order valence-electron chi connectivity index (χ1n) is 7.55. The molecule has 0 radical (unpaired) electrons.